The van der Waals surface area contributed by atoms with E-state index in [9.17, 15) is 13.2 Å². The number of benzene rings is 2. The third kappa shape index (κ3) is 3.05. The van der Waals surface area contributed by atoms with Gasteiger partial charge >= 0.3 is 0 Å². The van der Waals surface area contributed by atoms with Gasteiger partial charge in [-0.1, -0.05) is 29.8 Å². The first-order chi connectivity index (χ1) is 11.7. The standard InChI is InChI=1S/C18H19ClN2O3S/c1-12-10-13-6-4-5-7-16(13)21(12)18(22)14-8-9-15(19)17(11-14)25(23,24)20(2)3/h4-9,11-12H,10H2,1-3H3/t12-/m1/s1. The predicted octanol–water partition coefficient (Wildman–Crippen LogP) is 3.18. The molecule has 132 valence electrons. The zero-order chi connectivity index (χ0) is 18.4. The molecule has 1 heterocycles. The maximum atomic E-state index is 13.1. The Kier molecular flexibility index (Phi) is 4.62. The monoisotopic (exact) mass is 378 g/mol. The maximum Gasteiger partial charge on any atom is 0.258 e. The summed E-state index contributed by atoms with van der Waals surface area (Å²) in [5, 5.41) is 0.0973. The Hall–Kier alpha value is -1.89. The summed E-state index contributed by atoms with van der Waals surface area (Å²) in [6.07, 6.45) is 0.776. The molecule has 0 fully saturated rings. The first-order valence-electron chi connectivity index (χ1n) is 7.87. The molecule has 1 atom stereocenters. The van der Waals surface area contributed by atoms with E-state index in [0.29, 0.717) is 5.56 Å². The molecule has 0 bridgehead atoms. The second-order valence-electron chi connectivity index (χ2n) is 6.29. The molecule has 0 N–H and O–H groups in total. The van der Waals surface area contributed by atoms with Gasteiger partial charge < -0.3 is 4.90 Å². The highest BCUT2D eigenvalue weighted by Gasteiger charge is 2.32. The van der Waals surface area contributed by atoms with Crippen molar-refractivity contribution in [2.45, 2.75) is 24.3 Å². The number of nitrogens with zero attached hydrogens (tertiary/aromatic N) is 2. The van der Waals surface area contributed by atoms with Crippen molar-refractivity contribution in [2.24, 2.45) is 0 Å². The number of fused-ring (bicyclic) bond motifs is 1. The lowest BCUT2D eigenvalue weighted by Crippen LogP contribution is -2.35. The molecule has 5 nitrogen and oxygen atoms in total. The van der Waals surface area contributed by atoms with Crippen LogP contribution < -0.4 is 4.90 Å². The molecule has 1 aliphatic rings. The molecule has 0 aliphatic carbocycles. The van der Waals surface area contributed by atoms with E-state index in [2.05, 4.69) is 0 Å². The highest BCUT2D eigenvalue weighted by molar-refractivity contribution is 7.89. The summed E-state index contributed by atoms with van der Waals surface area (Å²) < 4.78 is 25.9. The number of carbonyl (C=O) groups is 1. The van der Waals surface area contributed by atoms with Gasteiger partial charge in [0.2, 0.25) is 10.0 Å². The number of rotatable bonds is 3. The molecule has 0 aromatic heterocycles. The molecule has 0 unspecified atom stereocenters. The molecular weight excluding hydrogens is 360 g/mol. The quantitative estimate of drug-likeness (QED) is 0.824. The van der Waals surface area contributed by atoms with Crippen molar-refractivity contribution >= 4 is 33.2 Å². The zero-order valence-corrected chi connectivity index (χ0v) is 15.8. The summed E-state index contributed by atoms with van der Waals surface area (Å²) in [4.78, 5) is 14.7. The van der Waals surface area contributed by atoms with Crippen molar-refractivity contribution in [1.82, 2.24) is 4.31 Å². The van der Waals surface area contributed by atoms with E-state index in [1.165, 1.54) is 26.2 Å². The molecule has 0 spiro atoms. The molecule has 2 aromatic carbocycles. The van der Waals surface area contributed by atoms with E-state index >= 15 is 0 Å². The Labute approximate surface area is 152 Å². The van der Waals surface area contributed by atoms with Crippen molar-refractivity contribution in [1.29, 1.82) is 0 Å². The van der Waals surface area contributed by atoms with E-state index in [1.54, 1.807) is 11.0 Å². The van der Waals surface area contributed by atoms with Gasteiger partial charge in [-0.25, -0.2) is 12.7 Å². The number of halogens is 1. The summed E-state index contributed by atoms with van der Waals surface area (Å²) in [5.41, 5.74) is 2.28. The van der Waals surface area contributed by atoms with Gasteiger partial charge in [0.15, 0.2) is 0 Å². The Morgan fingerprint density at radius 1 is 1.20 bits per heavy atom. The average Bonchev–Trinajstić information content (AvgIpc) is 2.90. The Balaban J connectivity index is 2.05. The maximum absolute atomic E-state index is 13.1. The van der Waals surface area contributed by atoms with Crippen LogP contribution in [-0.2, 0) is 16.4 Å². The number of anilines is 1. The highest BCUT2D eigenvalue weighted by atomic mass is 35.5. The lowest BCUT2D eigenvalue weighted by molar-refractivity contribution is 0.0981. The number of carbonyl (C=O) groups excluding carboxylic acids is 1. The molecule has 2 aromatic rings. The first kappa shape index (κ1) is 17.9. The van der Waals surface area contributed by atoms with Crippen LogP contribution >= 0.6 is 11.6 Å². The van der Waals surface area contributed by atoms with Gasteiger partial charge in [0.05, 0.1) is 5.02 Å². The molecule has 0 saturated carbocycles. The zero-order valence-electron chi connectivity index (χ0n) is 14.2. The van der Waals surface area contributed by atoms with Crippen molar-refractivity contribution in [2.75, 3.05) is 19.0 Å². The van der Waals surface area contributed by atoms with Gasteiger partial charge in [-0.05, 0) is 43.2 Å². The van der Waals surface area contributed by atoms with E-state index in [-0.39, 0.29) is 21.9 Å². The first-order valence-corrected chi connectivity index (χ1v) is 9.69. The van der Waals surface area contributed by atoms with Gasteiger partial charge in [0.25, 0.3) is 5.91 Å². The van der Waals surface area contributed by atoms with Crippen molar-refractivity contribution in [3.05, 3.63) is 58.6 Å². The number of para-hydroxylation sites is 1. The Bertz CT molecular complexity index is 941. The molecule has 0 radical (unpaired) electrons. The molecule has 7 heteroatoms. The topological polar surface area (TPSA) is 57.7 Å². The van der Waals surface area contributed by atoms with E-state index in [0.717, 1.165) is 22.0 Å². The second kappa shape index (κ2) is 6.44. The summed E-state index contributed by atoms with van der Waals surface area (Å²) >= 11 is 6.07. The molecule has 25 heavy (non-hydrogen) atoms. The smallest absolute Gasteiger partial charge is 0.258 e. The normalized spacial score (nSPS) is 17.0. The van der Waals surface area contributed by atoms with Crippen molar-refractivity contribution < 1.29 is 13.2 Å². The predicted molar refractivity (Wildman–Crippen MR) is 98.7 cm³/mol. The SMILES string of the molecule is C[C@@H]1Cc2ccccc2N1C(=O)c1ccc(Cl)c(S(=O)(=O)N(C)C)c1. The van der Waals surface area contributed by atoms with Gasteiger partial charge in [0.1, 0.15) is 4.90 Å². The van der Waals surface area contributed by atoms with Crippen LogP contribution in [-0.4, -0.2) is 38.8 Å². The van der Waals surface area contributed by atoms with Crippen LogP contribution in [0.15, 0.2) is 47.4 Å². The molecule has 1 aliphatic heterocycles. The van der Waals surface area contributed by atoms with E-state index < -0.39 is 10.0 Å². The number of hydrogen-bond donors (Lipinski definition) is 0. The van der Waals surface area contributed by atoms with Crippen LogP contribution in [0.4, 0.5) is 5.69 Å². The van der Waals surface area contributed by atoms with Gasteiger partial charge in [-0.15, -0.1) is 0 Å². The third-order valence-corrected chi connectivity index (χ3v) is 6.66. The largest absolute Gasteiger partial charge is 0.305 e. The summed E-state index contributed by atoms with van der Waals surface area (Å²) in [6, 6.07) is 12.1. The lowest BCUT2D eigenvalue weighted by atomic mass is 10.1. The van der Waals surface area contributed by atoms with Crippen LogP contribution in [0, 0.1) is 0 Å². The van der Waals surface area contributed by atoms with Crippen molar-refractivity contribution in [3.63, 3.8) is 0 Å². The minimum atomic E-state index is -3.73. The molecule has 1 amide bonds. The van der Waals surface area contributed by atoms with Crippen LogP contribution in [0.1, 0.15) is 22.8 Å². The Morgan fingerprint density at radius 3 is 2.56 bits per heavy atom. The van der Waals surface area contributed by atoms with Gasteiger partial charge in [0, 0.05) is 31.4 Å². The number of amides is 1. The van der Waals surface area contributed by atoms with Crippen LogP contribution in [0.2, 0.25) is 5.02 Å². The van der Waals surface area contributed by atoms with Crippen LogP contribution in [0.5, 0.6) is 0 Å². The van der Waals surface area contributed by atoms with E-state index in [4.69, 9.17) is 11.6 Å². The molecular formula is C18H19ClN2O3S. The summed E-state index contributed by atoms with van der Waals surface area (Å²) in [5.74, 6) is -0.232. The van der Waals surface area contributed by atoms with Crippen LogP contribution in [0.25, 0.3) is 0 Å². The van der Waals surface area contributed by atoms with Crippen LogP contribution in [0.3, 0.4) is 0 Å². The van der Waals surface area contributed by atoms with Gasteiger partial charge in [-0.2, -0.15) is 0 Å². The summed E-state index contributed by atoms with van der Waals surface area (Å²) in [7, 11) is -0.871. The van der Waals surface area contributed by atoms with E-state index in [1.807, 2.05) is 31.2 Å². The number of hydrogen-bond acceptors (Lipinski definition) is 3. The van der Waals surface area contributed by atoms with Crippen molar-refractivity contribution in [3.8, 4) is 0 Å². The minimum Gasteiger partial charge on any atom is -0.305 e. The minimum absolute atomic E-state index is 0.00878. The third-order valence-electron chi connectivity index (χ3n) is 4.36. The fourth-order valence-electron chi connectivity index (χ4n) is 3.04. The average molecular weight is 379 g/mol. The highest BCUT2D eigenvalue weighted by Crippen LogP contribution is 2.34. The second-order valence-corrected chi connectivity index (χ2v) is 8.82. The Morgan fingerprint density at radius 2 is 1.88 bits per heavy atom. The molecule has 0 saturated heterocycles. The fraction of sp³-hybridized carbons (Fsp3) is 0.278. The molecule has 3 rings (SSSR count). The fourth-order valence-corrected chi connectivity index (χ4v) is 4.44. The lowest BCUT2D eigenvalue weighted by Gasteiger charge is -2.23. The number of sulfonamides is 1. The van der Waals surface area contributed by atoms with Gasteiger partial charge in [-0.3, -0.25) is 4.79 Å². The summed E-state index contributed by atoms with van der Waals surface area (Å²) in [6.45, 7) is 1.98.